The van der Waals surface area contributed by atoms with Crippen molar-refractivity contribution in [2.75, 3.05) is 0 Å². The molecule has 21 heavy (non-hydrogen) atoms. The van der Waals surface area contributed by atoms with E-state index in [9.17, 15) is 10.1 Å². The first-order valence-electron chi connectivity index (χ1n) is 6.57. The molecule has 0 aliphatic heterocycles. The van der Waals surface area contributed by atoms with Crippen molar-refractivity contribution in [3.8, 4) is 0 Å². The van der Waals surface area contributed by atoms with Crippen molar-refractivity contribution in [2.24, 2.45) is 0 Å². The zero-order valence-electron chi connectivity index (χ0n) is 11.2. The fourth-order valence-corrected chi connectivity index (χ4v) is 3.07. The minimum Gasteiger partial charge on any atom is -0.258 e. The Balaban J connectivity index is 1.77. The lowest BCUT2D eigenvalue weighted by Gasteiger charge is -2.04. The Kier molecular flexibility index (Phi) is 3.88. The molecule has 0 aromatic heterocycles. The van der Waals surface area contributed by atoms with Crippen molar-refractivity contribution < 1.29 is 4.92 Å². The molecule has 104 valence electrons. The summed E-state index contributed by atoms with van der Waals surface area (Å²) >= 11 is 1.69. The smallest absolute Gasteiger partial charge is 0.258 e. The standard InChI is InChI=1S/C17H13NO2S/c19-18(20)16-7-3-4-13(10-16)12-21-17-9-8-14-5-1-2-6-15(14)11-17/h1-11H,12H2. The quantitative estimate of drug-likeness (QED) is 0.385. The van der Waals surface area contributed by atoms with Crippen LogP contribution in [-0.2, 0) is 5.75 Å². The van der Waals surface area contributed by atoms with E-state index in [0.717, 1.165) is 11.3 Å². The van der Waals surface area contributed by atoms with Gasteiger partial charge in [0.2, 0.25) is 0 Å². The van der Waals surface area contributed by atoms with Gasteiger partial charge in [-0.1, -0.05) is 42.5 Å². The summed E-state index contributed by atoms with van der Waals surface area (Å²) in [6.45, 7) is 0. The molecule has 0 saturated carbocycles. The van der Waals surface area contributed by atoms with Gasteiger partial charge >= 0.3 is 0 Å². The number of nitro benzene ring substituents is 1. The Labute approximate surface area is 126 Å². The summed E-state index contributed by atoms with van der Waals surface area (Å²) in [5, 5.41) is 13.2. The summed E-state index contributed by atoms with van der Waals surface area (Å²) in [6.07, 6.45) is 0. The van der Waals surface area contributed by atoms with Gasteiger partial charge in [-0.05, 0) is 28.5 Å². The Hall–Kier alpha value is -2.33. The van der Waals surface area contributed by atoms with Crippen LogP contribution in [0.5, 0.6) is 0 Å². The summed E-state index contributed by atoms with van der Waals surface area (Å²) in [7, 11) is 0. The highest BCUT2D eigenvalue weighted by Crippen LogP contribution is 2.27. The Morgan fingerprint density at radius 2 is 1.71 bits per heavy atom. The first-order chi connectivity index (χ1) is 10.2. The number of nitro groups is 1. The van der Waals surface area contributed by atoms with Crippen LogP contribution in [0.3, 0.4) is 0 Å². The number of hydrogen-bond acceptors (Lipinski definition) is 3. The molecule has 3 nitrogen and oxygen atoms in total. The van der Waals surface area contributed by atoms with Crippen molar-refractivity contribution in [2.45, 2.75) is 10.6 Å². The lowest BCUT2D eigenvalue weighted by atomic mass is 10.1. The first kappa shape index (κ1) is 13.6. The van der Waals surface area contributed by atoms with Crippen LogP contribution < -0.4 is 0 Å². The fraction of sp³-hybridized carbons (Fsp3) is 0.0588. The van der Waals surface area contributed by atoms with Crippen molar-refractivity contribution in [1.82, 2.24) is 0 Å². The molecule has 0 N–H and O–H groups in total. The molecule has 0 aliphatic rings. The molecule has 4 heteroatoms. The lowest BCUT2D eigenvalue weighted by molar-refractivity contribution is -0.384. The maximum atomic E-state index is 10.8. The van der Waals surface area contributed by atoms with Gasteiger partial charge in [0.1, 0.15) is 0 Å². The van der Waals surface area contributed by atoms with E-state index in [-0.39, 0.29) is 10.6 Å². The Morgan fingerprint density at radius 3 is 2.52 bits per heavy atom. The van der Waals surface area contributed by atoms with E-state index in [1.807, 2.05) is 18.2 Å². The van der Waals surface area contributed by atoms with Gasteiger partial charge in [0.05, 0.1) is 4.92 Å². The molecule has 0 unspecified atom stereocenters. The summed E-state index contributed by atoms with van der Waals surface area (Å²) < 4.78 is 0. The minimum atomic E-state index is -0.357. The number of rotatable bonds is 4. The van der Waals surface area contributed by atoms with Crippen LogP contribution in [0.15, 0.2) is 71.6 Å². The average Bonchev–Trinajstić information content (AvgIpc) is 2.53. The Morgan fingerprint density at radius 1 is 0.905 bits per heavy atom. The van der Waals surface area contributed by atoms with Crippen molar-refractivity contribution >= 4 is 28.2 Å². The molecule has 0 atom stereocenters. The molecular formula is C17H13NO2S. The molecule has 0 heterocycles. The number of hydrogen-bond donors (Lipinski definition) is 0. The first-order valence-corrected chi connectivity index (χ1v) is 7.56. The summed E-state index contributed by atoms with van der Waals surface area (Å²) in [5.74, 6) is 0.722. The van der Waals surface area contributed by atoms with Crippen LogP contribution in [0.1, 0.15) is 5.56 Å². The largest absolute Gasteiger partial charge is 0.269 e. The van der Waals surface area contributed by atoms with Gasteiger partial charge in [-0.15, -0.1) is 11.8 Å². The number of fused-ring (bicyclic) bond motifs is 1. The molecule has 3 aromatic carbocycles. The molecule has 0 aliphatic carbocycles. The molecule has 0 spiro atoms. The van der Waals surface area contributed by atoms with E-state index in [2.05, 4.69) is 30.3 Å². The molecular weight excluding hydrogens is 282 g/mol. The van der Waals surface area contributed by atoms with E-state index in [0.29, 0.717) is 0 Å². The van der Waals surface area contributed by atoms with Crippen LogP contribution in [0, 0.1) is 10.1 Å². The zero-order valence-corrected chi connectivity index (χ0v) is 12.0. The van der Waals surface area contributed by atoms with Crippen LogP contribution in [0.25, 0.3) is 10.8 Å². The fourth-order valence-electron chi connectivity index (χ4n) is 2.18. The second kappa shape index (κ2) is 5.97. The minimum absolute atomic E-state index is 0.145. The van der Waals surface area contributed by atoms with Crippen LogP contribution in [-0.4, -0.2) is 4.92 Å². The zero-order chi connectivity index (χ0) is 14.7. The lowest BCUT2D eigenvalue weighted by Crippen LogP contribution is -1.89. The van der Waals surface area contributed by atoms with Gasteiger partial charge in [-0.25, -0.2) is 0 Å². The normalized spacial score (nSPS) is 10.7. The highest BCUT2D eigenvalue weighted by molar-refractivity contribution is 7.98. The maximum Gasteiger partial charge on any atom is 0.269 e. The van der Waals surface area contributed by atoms with E-state index in [4.69, 9.17) is 0 Å². The topological polar surface area (TPSA) is 43.1 Å². The summed E-state index contributed by atoms with van der Waals surface area (Å²) in [5.41, 5.74) is 1.11. The van der Waals surface area contributed by atoms with Gasteiger partial charge in [-0.2, -0.15) is 0 Å². The predicted molar refractivity (Wildman–Crippen MR) is 86.6 cm³/mol. The second-order valence-electron chi connectivity index (χ2n) is 4.72. The number of nitrogens with zero attached hydrogens (tertiary/aromatic N) is 1. The van der Waals surface area contributed by atoms with Gasteiger partial charge in [0, 0.05) is 22.8 Å². The molecule has 0 saturated heterocycles. The van der Waals surface area contributed by atoms with Crippen molar-refractivity contribution in [3.05, 3.63) is 82.4 Å². The molecule has 0 bridgehead atoms. The van der Waals surface area contributed by atoms with Crippen LogP contribution in [0.2, 0.25) is 0 Å². The summed E-state index contributed by atoms with van der Waals surface area (Å²) in [4.78, 5) is 11.6. The number of non-ortho nitro benzene ring substituents is 1. The highest BCUT2D eigenvalue weighted by Gasteiger charge is 2.06. The monoisotopic (exact) mass is 295 g/mol. The average molecular weight is 295 g/mol. The van der Waals surface area contributed by atoms with Gasteiger partial charge in [0.15, 0.2) is 0 Å². The van der Waals surface area contributed by atoms with E-state index in [1.165, 1.54) is 21.7 Å². The molecule has 3 aromatic rings. The van der Waals surface area contributed by atoms with E-state index in [1.54, 1.807) is 23.9 Å². The van der Waals surface area contributed by atoms with Gasteiger partial charge in [0.25, 0.3) is 5.69 Å². The van der Waals surface area contributed by atoms with Crippen molar-refractivity contribution in [1.29, 1.82) is 0 Å². The highest BCUT2D eigenvalue weighted by atomic mass is 32.2. The maximum absolute atomic E-state index is 10.8. The molecule has 0 fully saturated rings. The Bertz CT molecular complexity index is 801. The summed E-state index contributed by atoms with van der Waals surface area (Å²) in [6, 6.07) is 21.4. The van der Waals surface area contributed by atoms with E-state index >= 15 is 0 Å². The van der Waals surface area contributed by atoms with Crippen LogP contribution in [0.4, 0.5) is 5.69 Å². The van der Waals surface area contributed by atoms with Crippen molar-refractivity contribution in [3.63, 3.8) is 0 Å². The van der Waals surface area contributed by atoms with E-state index < -0.39 is 0 Å². The number of benzene rings is 3. The third kappa shape index (κ3) is 3.23. The van der Waals surface area contributed by atoms with Gasteiger partial charge in [-0.3, -0.25) is 10.1 Å². The second-order valence-corrected chi connectivity index (χ2v) is 5.77. The number of thioether (sulfide) groups is 1. The third-order valence-electron chi connectivity index (χ3n) is 3.25. The van der Waals surface area contributed by atoms with Crippen LogP contribution >= 0.6 is 11.8 Å². The SMILES string of the molecule is O=[N+]([O-])c1cccc(CSc2ccc3ccccc3c2)c1. The third-order valence-corrected chi connectivity index (χ3v) is 4.31. The molecule has 3 rings (SSSR count). The predicted octanol–water partition coefficient (Wildman–Crippen LogP) is 5.04. The van der Waals surface area contributed by atoms with Gasteiger partial charge < -0.3 is 0 Å². The molecule has 0 radical (unpaired) electrons. The molecule has 0 amide bonds.